The number of Topliss-reactive ketones (excluding diaryl/α,β-unsaturated/α-hetero) is 1. The van der Waals surface area contributed by atoms with E-state index in [4.69, 9.17) is 9.47 Å². The van der Waals surface area contributed by atoms with Gasteiger partial charge in [-0.15, -0.1) is 0 Å². The number of amides is 2. The van der Waals surface area contributed by atoms with Crippen LogP contribution in [0.4, 0.5) is 10.5 Å². The zero-order valence-electron chi connectivity index (χ0n) is 18.2. The number of anilines is 1. The lowest BCUT2D eigenvalue weighted by Crippen LogP contribution is -2.43. The summed E-state index contributed by atoms with van der Waals surface area (Å²) in [4.78, 5) is 49.8. The molecule has 0 radical (unpaired) electrons. The third-order valence-corrected chi connectivity index (χ3v) is 4.63. The minimum atomic E-state index is -0.923. The monoisotopic (exact) mass is 418 g/mol. The fraction of sp³-hybridized carbons (Fsp3) is 0.545. The number of esters is 1. The molecule has 8 nitrogen and oxygen atoms in total. The highest BCUT2D eigenvalue weighted by Crippen LogP contribution is 2.22. The van der Waals surface area contributed by atoms with E-state index in [2.05, 4.69) is 5.32 Å². The summed E-state index contributed by atoms with van der Waals surface area (Å²) in [6.07, 6.45) is -0.386. The maximum atomic E-state index is 12.5. The normalized spacial score (nSPS) is 15.8. The summed E-state index contributed by atoms with van der Waals surface area (Å²) in [7, 11) is 0. The molecule has 30 heavy (non-hydrogen) atoms. The van der Waals surface area contributed by atoms with Crippen LogP contribution in [0.2, 0.25) is 0 Å². The third kappa shape index (κ3) is 6.86. The summed E-state index contributed by atoms with van der Waals surface area (Å²) in [6.45, 7) is 9.17. The minimum Gasteiger partial charge on any atom is -0.454 e. The van der Waals surface area contributed by atoms with Gasteiger partial charge in [-0.3, -0.25) is 14.4 Å². The first-order chi connectivity index (χ1) is 14.0. The molecule has 1 saturated heterocycles. The van der Waals surface area contributed by atoms with Gasteiger partial charge in [-0.25, -0.2) is 4.79 Å². The number of carbonyl (C=O) groups is 4. The van der Waals surface area contributed by atoms with Crippen LogP contribution in [0.3, 0.4) is 0 Å². The quantitative estimate of drug-likeness (QED) is 0.581. The summed E-state index contributed by atoms with van der Waals surface area (Å²) in [6, 6.07) is 6.40. The standard InChI is InChI=1S/C22H30N2O6/c1-14(19(26)16-6-8-18(9-7-16)23-15(2)25)29-20(27)17-10-12-24(13-11-17)21(28)30-22(3,4)5/h6-9,14,17H,10-13H2,1-5H3,(H,23,25)/t14-/m1/s1. The van der Waals surface area contributed by atoms with Crippen molar-refractivity contribution in [1.82, 2.24) is 4.90 Å². The molecule has 0 bridgehead atoms. The van der Waals surface area contributed by atoms with E-state index in [0.717, 1.165) is 0 Å². The van der Waals surface area contributed by atoms with Gasteiger partial charge in [0.2, 0.25) is 11.7 Å². The lowest BCUT2D eigenvalue weighted by Gasteiger charge is -2.32. The highest BCUT2D eigenvalue weighted by molar-refractivity contribution is 6.00. The fourth-order valence-corrected chi connectivity index (χ4v) is 3.10. The third-order valence-electron chi connectivity index (χ3n) is 4.63. The van der Waals surface area contributed by atoms with Gasteiger partial charge in [0.15, 0.2) is 6.10 Å². The highest BCUT2D eigenvalue weighted by atomic mass is 16.6. The van der Waals surface area contributed by atoms with Gasteiger partial charge in [0.1, 0.15) is 5.60 Å². The van der Waals surface area contributed by atoms with Crippen LogP contribution in [0.15, 0.2) is 24.3 Å². The molecule has 164 valence electrons. The Labute approximate surface area is 176 Å². The largest absolute Gasteiger partial charge is 0.454 e. The number of ketones is 1. The van der Waals surface area contributed by atoms with Crippen molar-refractivity contribution in [3.63, 3.8) is 0 Å². The van der Waals surface area contributed by atoms with Crippen LogP contribution in [0.25, 0.3) is 0 Å². The minimum absolute atomic E-state index is 0.200. The average Bonchev–Trinajstić information content (AvgIpc) is 2.66. The number of hydrogen-bond donors (Lipinski definition) is 1. The van der Waals surface area contributed by atoms with E-state index >= 15 is 0 Å². The average molecular weight is 418 g/mol. The molecule has 0 saturated carbocycles. The van der Waals surface area contributed by atoms with Gasteiger partial charge in [0.25, 0.3) is 0 Å². The van der Waals surface area contributed by atoms with Gasteiger partial charge in [-0.2, -0.15) is 0 Å². The maximum absolute atomic E-state index is 12.5. The van der Waals surface area contributed by atoms with Gasteiger partial charge in [-0.1, -0.05) is 0 Å². The predicted molar refractivity (Wildman–Crippen MR) is 111 cm³/mol. The second-order valence-electron chi connectivity index (χ2n) is 8.44. The van der Waals surface area contributed by atoms with E-state index < -0.39 is 17.7 Å². The predicted octanol–water partition coefficient (Wildman–Crippen LogP) is 3.41. The van der Waals surface area contributed by atoms with Crippen LogP contribution in [-0.2, 0) is 19.1 Å². The molecular weight excluding hydrogens is 388 g/mol. The number of rotatable bonds is 5. The van der Waals surface area contributed by atoms with E-state index in [1.165, 1.54) is 13.8 Å². The molecule has 0 spiro atoms. The summed E-state index contributed by atoms with van der Waals surface area (Å²) in [5.74, 6) is -1.31. The first-order valence-corrected chi connectivity index (χ1v) is 10.1. The van der Waals surface area contributed by atoms with Gasteiger partial charge in [-0.05, 0) is 64.8 Å². The smallest absolute Gasteiger partial charge is 0.410 e. The topological polar surface area (TPSA) is 102 Å². The van der Waals surface area contributed by atoms with Gasteiger partial charge in [0, 0.05) is 31.3 Å². The molecular formula is C22H30N2O6. The molecule has 1 N–H and O–H groups in total. The molecule has 0 aliphatic carbocycles. The number of carbonyl (C=O) groups excluding carboxylic acids is 4. The van der Waals surface area contributed by atoms with Crippen LogP contribution in [0, 0.1) is 5.92 Å². The van der Waals surface area contributed by atoms with E-state index in [9.17, 15) is 19.2 Å². The Morgan fingerprint density at radius 1 is 1.07 bits per heavy atom. The van der Waals surface area contributed by atoms with Gasteiger partial charge in [0.05, 0.1) is 5.92 Å². The van der Waals surface area contributed by atoms with E-state index in [1.54, 1.807) is 49.9 Å². The van der Waals surface area contributed by atoms with Crippen molar-refractivity contribution in [2.24, 2.45) is 5.92 Å². The molecule has 1 aliphatic heterocycles. The van der Waals surface area contributed by atoms with Crippen molar-refractivity contribution in [1.29, 1.82) is 0 Å². The van der Waals surface area contributed by atoms with Crippen LogP contribution >= 0.6 is 0 Å². The second-order valence-corrected chi connectivity index (χ2v) is 8.44. The van der Waals surface area contributed by atoms with Crippen LogP contribution in [0.5, 0.6) is 0 Å². The molecule has 1 heterocycles. The second kappa shape index (κ2) is 9.73. The number of nitrogens with one attached hydrogen (secondary N) is 1. The van der Waals surface area contributed by atoms with Crippen molar-refractivity contribution in [3.05, 3.63) is 29.8 Å². The molecule has 0 aromatic heterocycles. The number of hydrogen-bond acceptors (Lipinski definition) is 6. The molecule has 0 unspecified atom stereocenters. The number of piperidine rings is 1. The summed E-state index contributed by atoms with van der Waals surface area (Å²) < 4.78 is 10.7. The Balaban J connectivity index is 1.85. The first kappa shape index (κ1) is 23.4. The number of ether oxygens (including phenoxy) is 2. The van der Waals surface area contributed by atoms with Gasteiger partial charge < -0.3 is 19.7 Å². The molecule has 1 aromatic carbocycles. The fourth-order valence-electron chi connectivity index (χ4n) is 3.10. The summed E-state index contributed by atoms with van der Waals surface area (Å²) >= 11 is 0. The maximum Gasteiger partial charge on any atom is 0.410 e. The Morgan fingerprint density at radius 2 is 1.63 bits per heavy atom. The van der Waals surface area contributed by atoms with Crippen LogP contribution in [0.1, 0.15) is 57.8 Å². The summed E-state index contributed by atoms with van der Waals surface area (Å²) in [5.41, 5.74) is 0.410. The molecule has 1 aromatic rings. The molecule has 2 amide bonds. The zero-order chi connectivity index (χ0) is 22.5. The number of likely N-dealkylation sites (tertiary alicyclic amines) is 1. The summed E-state index contributed by atoms with van der Waals surface area (Å²) in [5, 5.41) is 2.63. The Bertz CT molecular complexity index is 789. The zero-order valence-corrected chi connectivity index (χ0v) is 18.2. The van der Waals surface area contributed by atoms with Crippen LogP contribution in [-0.4, -0.2) is 53.4 Å². The van der Waals surface area contributed by atoms with Crippen molar-refractivity contribution in [2.45, 2.75) is 59.2 Å². The molecule has 8 heteroatoms. The highest BCUT2D eigenvalue weighted by Gasteiger charge is 2.32. The molecule has 1 aliphatic rings. The van der Waals surface area contributed by atoms with Crippen molar-refractivity contribution < 1.29 is 28.7 Å². The van der Waals surface area contributed by atoms with E-state index in [0.29, 0.717) is 37.2 Å². The Kier molecular flexibility index (Phi) is 7.59. The number of nitrogens with zero attached hydrogens (tertiary/aromatic N) is 1. The Hall–Kier alpha value is -2.90. The molecule has 1 atom stereocenters. The van der Waals surface area contributed by atoms with E-state index in [1.807, 2.05) is 0 Å². The van der Waals surface area contributed by atoms with Crippen molar-refractivity contribution in [3.8, 4) is 0 Å². The lowest BCUT2D eigenvalue weighted by atomic mass is 9.97. The lowest BCUT2D eigenvalue weighted by molar-refractivity contribution is -0.152. The molecule has 2 rings (SSSR count). The van der Waals surface area contributed by atoms with Gasteiger partial charge >= 0.3 is 12.1 Å². The van der Waals surface area contributed by atoms with Crippen molar-refractivity contribution >= 4 is 29.4 Å². The molecule has 1 fully saturated rings. The van der Waals surface area contributed by atoms with Crippen molar-refractivity contribution in [2.75, 3.05) is 18.4 Å². The first-order valence-electron chi connectivity index (χ1n) is 10.1. The SMILES string of the molecule is CC(=O)Nc1ccc(C(=O)[C@@H](C)OC(=O)C2CCN(C(=O)OC(C)(C)C)CC2)cc1. The Morgan fingerprint density at radius 3 is 2.13 bits per heavy atom. The van der Waals surface area contributed by atoms with Crippen LogP contribution < -0.4 is 5.32 Å². The van der Waals surface area contributed by atoms with E-state index in [-0.39, 0.29) is 23.7 Å². The number of benzene rings is 1.